The van der Waals surface area contributed by atoms with E-state index in [4.69, 9.17) is 16.1 Å². The second kappa shape index (κ2) is 11.1. The van der Waals surface area contributed by atoms with E-state index in [9.17, 15) is 8.78 Å². The van der Waals surface area contributed by atoms with Crippen LogP contribution in [0, 0.1) is 24.0 Å². The minimum Gasteiger partial charge on any atom is -0.461 e. The average Bonchev–Trinajstić information content (AvgIpc) is 3.55. The van der Waals surface area contributed by atoms with Gasteiger partial charge in [0.15, 0.2) is 5.82 Å². The van der Waals surface area contributed by atoms with Gasteiger partial charge in [0.05, 0.1) is 22.2 Å². The first kappa shape index (κ1) is 29.4. The summed E-state index contributed by atoms with van der Waals surface area (Å²) in [4.78, 5) is 18.2. The zero-order valence-corrected chi connectivity index (χ0v) is 25.5. The molecule has 4 aromatic rings. The Bertz CT molecular complexity index is 1910. The van der Waals surface area contributed by atoms with E-state index in [1.165, 1.54) is 6.07 Å². The molecule has 5 atom stereocenters. The summed E-state index contributed by atoms with van der Waals surface area (Å²) in [7, 11) is 0. The quantitative estimate of drug-likeness (QED) is 0.213. The lowest BCUT2D eigenvalue weighted by atomic mass is 9.95. The van der Waals surface area contributed by atoms with Crippen molar-refractivity contribution < 1.29 is 22.3 Å². The second-order valence-corrected chi connectivity index (χ2v) is 13.1. The molecule has 0 radical (unpaired) electrons. The van der Waals surface area contributed by atoms with Gasteiger partial charge in [-0.1, -0.05) is 37.1 Å². The molecule has 2 aromatic carbocycles. The summed E-state index contributed by atoms with van der Waals surface area (Å²) in [6, 6.07) is 7.71. The summed E-state index contributed by atoms with van der Waals surface area (Å²) in [6.07, 6.45) is 6.28. The highest BCUT2D eigenvalue weighted by Crippen LogP contribution is 2.45. The molecule has 0 spiro atoms. The van der Waals surface area contributed by atoms with Crippen molar-refractivity contribution in [2.75, 3.05) is 37.7 Å². The van der Waals surface area contributed by atoms with E-state index in [0.717, 1.165) is 25.8 Å². The molecule has 8 rings (SSSR count). The van der Waals surface area contributed by atoms with Gasteiger partial charge in [-0.2, -0.15) is 9.97 Å². The predicted molar refractivity (Wildman–Crippen MR) is 168 cm³/mol. The molecule has 4 aliphatic heterocycles. The number of rotatable bonds is 5. The Labute approximate surface area is 264 Å². The molecule has 0 aliphatic carbocycles. The number of pyridine rings is 1. The number of ether oxygens (including phenoxy) is 1. The molecular formula is C35H34F4N6O. The van der Waals surface area contributed by atoms with Crippen molar-refractivity contribution in [3.63, 3.8) is 0 Å². The molecule has 4 aliphatic rings. The number of terminal acetylenes is 1. The number of anilines is 1. The second-order valence-electron chi connectivity index (χ2n) is 13.1. The molecule has 0 bridgehead atoms. The minimum absolute atomic E-state index is 0.0265. The van der Waals surface area contributed by atoms with Crippen LogP contribution in [0.5, 0.6) is 6.01 Å². The Morgan fingerprint density at radius 3 is 2.80 bits per heavy atom. The molecule has 3 fully saturated rings. The molecule has 11 heteroatoms. The number of nitrogens with zero attached hydrogens (tertiary/aromatic N) is 5. The fraction of sp³-hybridized carbons (Fsp3) is 0.457. The third kappa shape index (κ3) is 4.52. The Kier molecular flexibility index (Phi) is 7.07. The van der Waals surface area contributed by atoms with Crippen LogP contribution in [0.1, 0.15) is 56.5 Å². The van der Waals surface area contributed by atoms with E-state index in [-0.39, 0.29) is 64.5 Å². The first-order valence-electron chi connectivity index (χ1n) is 16.1. The molecule has 46 heavy (non-hydrogen) atoms. The van der Waals surface area contributed by atoms with Crippen LogP contribution in [0.4, 0.5) is 23.4 Å². The van der Waals surface area contributed by atoms with Crippen LogP contribution in [0.2, 0.25) is 0 Å². The van der Waals surface area contributed by atoms with Crippen molar-refractivity contribution in [3.8, 4) is 29.6 Å². The summed E-state index contributed by atoms with van der Waals surface area (Å²) in [5.41, 5.74) is -0.516. The Morgan fingerprint density at radius 2 is 1.98 bits per heavy atom. The van der Waals surface area contributed by atoms with Crippen LogP contribution in [0.25, 0.3) is 32.9 Å². The van der Waals surface area contributed by atoms with Crippen LogP contribution < -0.4 is 15.0 Å². The minimum atomic E-state index is -1.55. The van der Waals surface area contributed by atoms with E-state index in [1.54, 1.807) is 24.3 Å². The van der Waals surface area contributed by atoms with Crippen molar-refractivity contribution >= 4 is 27.5 Å². The van der Waals surface area contributed by atoms with Crippen LogP contribution in [-0.2, 0) is 0 Å². The van der Waals surface area contributed by atoms with E-state index in [2.05, 4.69) is 33.0 Å². The van der Waals surface area contributed by atoms with Gasteiger partial charge in [0, 0.05) is 55.5 Å². The Balaban J connectivity index is 1.34. The van der Waals surface area contributed by atoms with Gasteiger partial charge in [-0.15, -0.1) is 6.42 Å². The molecule has 3 saturated heterocycles. The summed E-state index contributed by atoms with van der Waals surface area (Å²) in [5, 5.41) is 4.61. The van der Waals surface area contributed by atoms with Crippen LogP contribution in [-0.4, -0.2) is 76.4 Å². The first-order chi connectivity index (χ1) is 22.3. The van der Waals surface area contributed by atoms with Crippen molar-refractivity contribution in [2.45, 2.75) is 69.0 Å². The van der Waals surface area contributed by atoms with E-state index < -0.39 is 29.5 Å². The highest BCUT2D eigenvalue weighted by atomic mass is 19.1. The topological polar surface area (TPSA) is 66.4 Å². The SMILES string of the molecule is C#Cc1c(F)ccc2cccc(-c3nc4c5c(nc(OC[C@@]67CCCN6C[C@H](F)C7)nc5c3F)N3C[C@@H](CC)NC[C@H]3C[C@@H]4F)c12. The highest BCUT2D eigenvalue weighted by molar-refractivity contribution is 6.03. The van der Waals surface area contributed by atoms with Gasteiger partial charge >= 0.3 is 6.01 Å². The van der Waals surface area contributed by atoms with Crippen molar-refractivity contribution in [3.05, 3.63) is 53.2 Å². The molecule has 0 saturated carbocycles. The maximum absolute atomic E-state index is 17.0. The summed E-state index contributed by atoms with van der Waals surface area (Å²) in [5.74, 6) is 1.35. The van der Waals surface area contributed by atoms with E-state index >= 15 is 8.78 Å². The number of aromatic nitrogens is 3. The fourth-order valence-electron chi connectivity index (χ4n) is 8.14. The standard InChI is InChI=1S/C35H34F4N6O/c1-3-21-17-45-22(15-40-21)13-26(38)31-28-32(42-34(43-33(28)45)46-18-35-11-6-12-44(35)16-20(36)14-35)29(39)30(41-31)24-8-5-7-19-9-10-25(37)23(4-2)27(19)24/h2,5,7-10,20-22,26,40H,3,6,11-18H2,1H3/t20-,21-,22-,26+,35+/m1/s1. The first-order valence-corrected chi connectivity index (χ1v) is 16.1. The van der Waals surface area contributed by atoms with Gasteiger partial charge in [-0.05, 0) is 37.3 Å². The van der Waals surface area contributed by atoms with E-state index in [1.807, 2.05) is 4.90 Å². The normalized spacial score (nSPS) is 27.4. The van der Waals surface area contributed by atoms with Crippen LogP contribution >= 0.6 is 0 Å². The Hall–Kier alpha value is -4.01. The Morgan fingerprint density at radius 1 is 1.11 bits per heavy atom. The molecule has 0 amide bonds. The number of hydrogen-bond acceptors (Lipinski definition) is 7. The lowest BCUT2D eigenvalue weighted by molar-refractivity contribution is 0.107. The third-order valence-corrected chi connectivity index (χ3v) is 10.4. The zero-order chi connectivity index (χ0) is 31.7. The number of piperazine rings is 1. The van der Waals surface area contributed by atoms with Gasteiger partial charge in [0.2, 0.25) is 0 Å². The fourth-order valence-corrected chi connectivity index (χ4v) is 8.14. The lowest BCUT2D eigenvalue weighted by Crippen LogP contribution is -2.56. The number of nitrogens with one attached hydrogen (secondary N) is 1. The van der Waals surface area contributed by atoms with Crippen molar-refractivity contribution in [1.82, 2.24) is 25.2 Å². The smallest absolute Gasteiger partial charge is 0.319 e. The molecule has 6 heterocycles. The number of halogens is 4. The maximum atomic E-state index is 17.0. The largest absolute Gasteiger partial charge is 0.461 e. The number of alkyl halides is 2. The molecule has 2 aromatic heterocycles. The van der Waals surface area contributed by atoms with Crippen LogP contribution in [0.15, 0.2) is 30.3 Å². The highest BCUT2D eigenvalue weighted by Gasteiger charge is 2.49. The van der Waals surface area contributed by atoms with Gasteiger partial charge in [-0.25, -0.2) is 22.5 Å². The number of benzene rings is 2. The number of hydrogen-bond donors (Lipinski definition) is 1. The summed E-state index contributed by atoms with van der Waals surface area (Å²) >= 11 is 0. The molecule has 7 nitrogen and oxygen atoms in total. The van der Waals surface area contributed by atoms with Gasteiger partial charge < -0.3 is 15.0 Å². The van der Waals surface area contributed by atoms with Gasteiger partial charge in [0.1, 0.15) is 41.8 Å². The van der Waals surface area contributed by atoms with Gasteiger partial charge in [0.25, 0.3) is 0 Å². The van der Waals surface area contributed by atoms with Gasteiger partial charge in [-0.3, -0.25) is 4.90 Å². The van der Waals surface area contributed by atoms with Crippen molar-refractivity contribution in [1.29, 1.82) is 0 Å². The van der Waals surface area contributed by atoms with E-state index in [0.29, 0.717) is 42.6 Å². The summed E-state index contributed by atoms with van der Waals surface area (Å²) in [6.45, 7) is 4.46. The average molecular weight is 631 g/mol. The molecule has 1 N–H and O–H groups in total. The third-order valence-electron chi connectivity index (χ3n) is 10.4. The molecular weight excluding hydrogens is 596 g/mol. The zero-order valence-electron chi connectivity index (χ0n) is 25.5. The van der Waals surface area contributed by atoms with Crippen LogP contribution in [0.3, 0.4) is 0 Å². The maximum Gasteiger partial charge on any atom is 0.319 e. The summed E-state index contributed by atoms with van der Waals surface area (Å²) < 4.78 is 69.0. The monoisotopic (exact) mass is 630 g/mol. The lowest BCUT2D eigenvalue weighted by Gasteiger charge is -2.40. The van der Waals surface area contributed by atoms with Crippen molar-refractivity contribution in [2.24, 2.45) is 0 Å². The molecule has 238 valence electrons. The predicted octanol–water partition coefficient (Wildman–Crippen LogP) is 6.03. The molecule has 0 unspecified atom stereocenters. The number of fused-ring (bicyclic) bond motifs is 4.